The van der Waals surface area contributed by atoms with E-state index in [1.807, 2.05) is 0 Å². The minimum Gasteiger partial charge on any atom is -0.475 e. The van der Waals surface area contributed by atoms with Crippen molar-refractivity contribution in [1.29, 1.82) is 0 Å². The smallest absolute Gasteiger partial charge is 0.371 e. The second-order valence-electron chi connectivity index (χ2n) is 3.94. The van der Waals surface area contributed by atoms with Gasteiger partial charge in [-0.05, 0) is 6.92 Å². The van der Waals surface area contributed by atoms with Crippen molar-refractivity contribution in [3.63, 3.8) is 0 Å². The van der Waals surface area contributed by atoms with Crippen molar-refractivity contribution in [2.45, 2.75) is 18.7 Å². The van der Waals surface area contributed by atoms with Crippen molar-refractivity contribution in [3.8, 4) is 0 Å². The lowest BCUT2D eigenvalue weighted by molar-refractivity contribution is -0.120. The summed E-state index contributed by atoms with van der Waals surface area (Å²) in [4.78, 5) is 21.9. The molecule has 9 heteroatoms. The maximum Gasteiger partial charge on any atom is 0.371 e. The molecule has 0 spiro atoms. The number of carboxylic acid groups (broad SMARTS) is 1. The molecule has 0 unspecified atom stereocenters. The van der Waals surface area contributed by atoms with Gasteiger partial charge in [-0.25, -0.2) is 13.2 Å². The molecule has 1 heterocycles. The highest BCUT2D eigenvalue weighted by Crippen LogP contribution is 2.23. The maximum absolute atomic E-state index is 12.4. The summed E-state index contributed by atoms with van der Waals surface area (Å²) in [6, 6.07) is 0.944. The van der Waals surface area contributed by atoms with Gasteiger partial charge in [0.1, 0.15) is 10.7 Å². The number of carbonyl (C=O) groups is 2. The van der Waals surface area contributed by atoms with Crippen LogP contribution in [0.4, 0.5) is 0 Å². The fourth-order valence-corrected chi connectivity index (χ4v) is 3.14. The predicted molar refractivity (Wildman–Crippen MR) is 68.9 cm³/mol. The first kappa shape index (κ1) is 16.2. The summed E-state index contributed by atoms with van der Waals surface area (Å²) in [7, 11) is -2.59. The lowest BCUT2D eigenvalue weighted by Gasteiger charge is -2.18. The molecule has 0 saturated carbocycles. The second kappa shape index (κ2) is 6.06. The van der Waals surface area contributed by atoms with Gasteiger partial charge in [0, 0.05) is 19.7 Å². The van der Waals surface area contributed by atoms with Gasteiger partial charge in [-0.1, -0.05) is 6.92 Å². The molecular formula is C11H16N2O6S. The number of hydrogen-bond acceptors (Lipinski definition) is 5. The van der Waals surface area contributed by atoms with E-state index in [1.165, 1.54) is 14.0 Å². The molecule has 2 N–H and O–H groups in total. The van der Waals surface area contributed by atoms with Gasteiger partial charge in [0.15, 0.2) is 0 Å². The van der Waals surface area contributed by atoms with Gasteiger partial charge < -0.3 is 14.8 Å². The number of nitrogens with one attached hydrogen (secondary N) is 1. The minimum atomic E-state index is -3.98. The van der Waals surface area contributed by atoms with Crippen LogP contribution >= 0.6 is 0 Å². The fraction of sp³-hybridized carbons (Fsp3) is 0.455. The van der Waals surface area contributed by atoms with Crippen molar-refractivity contribution in [2.75, 3.05) is 20.1 Å². The lowest BCUT2D eigenvalue weighted by Crippen LogP contribution is -2.39. The van der Waals surface area contributed by atoms with Crippen LogP contribution in [0.15, 0.2) is 15.4 Å². The Hall–Kier alpha value is -1.87. The average molecular weight is 304 g/mol. The van der Waals surface area contributed by atoms with E-state index in [0.29, 0.717) is 0 Å². The average Bonchev–Trinajstić information content (AvgIpc) is 2.78. The molecule has 112 valence electrons. The summed E-state index contributed by atoms with van der Waals surface area (Å²) in [6.45, 7) is 2.66. The number of carbonyl (C=O) groups excluding carboxylic acids is 1. The van der Waals surface area contributed by atoms with Gasteiger partial charge in [-0.2, -0.15) is 4.31 Å². The predicted octanol–water partition coefficient (Wildman–Crippen LogP) is 0.0428. The Bertz CT molecular complexity index is 619. The molecule has 0 aliphatic carbocycles. The Morgan fingerprint density at radius 1 is 1.45 bits per heavy atom. The van der Waals surface area contributed by atoms with Crippen LogP contribution in [0.2, 0.25) is 0 Å². The van der Waals surface area contributed by atoms with E-state index >= 15 is 0 Å². The normalized spacial score (nSPS) is 11.6. The van der Waals surface area contributed by atoms with Gasteiger partial charge >= 0.3 is 5.97 Å². The Morgan fingerprint density at radius 3 is 2.45 bits per heavy atom. The van der Waals surface area contributed by atoms with E-state index in [9.17, 15) is 18.0 Å². The van der Waals surface area contributed by atoms with Crippen LogP contribution in [0.1, 0.15) is 23.2 Å². The van der Waals surface area contributed by atoms with Crippen LogP contribution in [0, 0.1) is 6.92 Å². The monoisotopic (exact) mass is 304 g/mol. The molecular weight excluding hydrogens is 288 g/mol. The van der Waals surface area contributed by atoms with Crippen LogP contribution < -0.4 is 5.32 Å². The highest BCUT2D eigenvalue weighted by Gasteiger charge is 2.30. The van der Waals surface area contributed by atoms with Crippen LogP contribution in [0.5, 0.6) is 0 Å². The van der Waals surface area contributed by atoms with Crippen LogP contribution in [0.25, 0.3) is 0 Å². The molecule has 20 heavy (non-hydrogen) atoms. The Morgan fingerprint density at radius 2 is 2.05 bits per heavy atom. The summed E-state index contributed by atoms with van der Waals surface area (Å²) in [6.07, 6.45) is 0. The van der Waals surface area contributed by atoms with Crippen molar-refractivity contribution < 1.29 is 27.5 Å². The number of furan rings is 1. The van der Waals surface area contributed by atoms with Crippen molar-refractivity contribution in [3.05, 3.63) is 17.6 Å². The molecule has 0 saturated heterocycles. The lowest BCUT2D eigenvalue weighted by atomic mass is 10.4. The van der Waals surface area contributed by atoms with Gasteiger partial charge in [0.2, 0.25) is 21.7 Å². The number of amides is 1. The third-order valence-corrected chi connectivity index (χ3v) is 4.68. The summed E-state index contributed by atoms with van der Waals surface area (Å²) >= 11 is 0. The van der Waals surface area contributed by atoms with E-state index in [0.717, 1.165) is 10.4 Å². The molecule has 1 rings (SSSR count). The van der Waals surface area contributed by atoms with Crippen LogP contribution in [0.3, 0.4) is 0 Å². The van der Waals surface area contributed by atoms with E-state index in [4.69, 9.17) is 9.52 Å². The van der Waals surface area contributed by atoms with E-state index < -0.39 is 27.7 Å². The molecule has 0 aliphatic heterocycles. The first-order valence-electron chi connectivity index (χ1n) is 5.78. The van der Waals surface area contributed by atoms with Crippen molar-refractivity contribution in [1.82, 2.24) is 9.62 Å². The Kier molecular flexibility index (Phi) is 4.90. The Balaban J connectivity index is 3.20. The molecule has 0 radical (unpaired) electrons. The number of sulfonamides is 1. The van der Waals surface area contributed by atoms with Crippen LogP contribution in [-0.2, 0) is 14.8 Å². The standard InChI is InChI=1S/C11H16N2O6S/c1-4-13(6-10(14)12-3)20(17,18)9-5-8(11(15)16)19-7(9)2/h5H,4,6H2,1-3H3,(H,12,14)(H,15,16). The number of aromatic carboxylic acids is 1. The first-order valence-corrected chi connectivity index (χ1v) is 7.22. The molecule has 1 aromatic rings. The zero-order chi connectivity index (χ0) is 15.5. The summed E-state index contributed by atoms with van der Waals surface area (Å²) in [5, 5.41) is 11.1. The number of aryl methyl sites for hydroxylation is 1. The van der Waals surface area contributed by atoms with Crippen molar-refractivity contribution in [2.24, 2.45) is 0 Å². The highest BCUT2D eigenvalue weighted by molar-refractivity contribution is 7.89. The van der Waals surface area contributed by atoms with Gasteiger partial charge in [0.05, 0.1) is 6.54 Å². The van der Waals surface area contributed by atoms with E-state index in [-0.39, 0.29) is 23.7 Å². The van der Waals surface area contributed by atoms with E-state index in [1.54, 1.807) is 6.92 Å². The zero-order valence-electron chi connectivity index (χ0n) is 11.3. The molecule has 0 aromatic carbocycles. The fourth-order valence-electron chi connectivity index (χ4n) is 1.57. The number of carboxylic acids is 1. The summed E-state index contributed by atoms with van der Waals surface area (Å²) in [5.41, 5.74) is 0. The molecule has 0 aliphatic rings. The number of likely N-dealkylation sites (N-methyl/N-ethyl adjacent to an activating group) is 2. The Labute approximate surface area is 116 Å². The SMILES string of the molecule is CCN(CC(=O)NC)S(=O)(=O)c1cc(C(=O)O)oc1C. The molecule has 1 amide bonds. The third-order valence-electron chi connectivity index (χ3n) is 2.65. The quantitative estimate of drug-likeness (QED) is 0.766. The van der Waals surface area contributed by atoms with E-state index in [2.05, 4.69) is 5.32 Å². The van der Waals surface area contributed by atoms with Gasteiger partial charge in [0.25, 0.3) is 0 Å². The molecule has 1 aromatic heterocycles. The van der Waals surface area contributed by atoms with Crippen molar-refractivity contribution >= 4 is 21.9 Å². The molecule has 8 nitrogen and oxygen atoms in total. The number of nitrogens with zero attached hydrogens (tertiary/aromatic N) is 1. The maximum atomic E-state index is 12.4. The molecule has 0 fully saturated rings. The highest BCUT2D eigenvalue weighted by atomic mass is 32.2. The number of hydrogen-bond donors (Lipinski definition) is 2. The summed E-state index contributed by atoms with van der Waals surface area (Å²) in [5.74, 6) is -2.31. The van der Waals surface area contributed by atoms with Gasteiger partial charge in [-0.3, -0.25) is 4.79 Å². The number of rotatable bonds is 6. The zero-order valence-corrected chi connectivity index (χ0v) is 12.2. The largest absolute Gasteiger partial charge is 0.475 e. The molecule has 0 atom stereocenters. The summed E-state index contributed by atoms with van der Waals surface area (Å²) < 4.78 is 30.6. The first-order chi connectivity index (χ1) is 9.23. The van der Waals surface area contributed by atoms with Gasteiger partial charge in [-0.15, -0.1) is 0 Å². The van der Waals surface area contributed by atoms with Crippen LogP contribution in [-0.4, -0.2) is 49.8 Å². The third kappa shape index (κ3) is 3.17. The molecule has 0 bridgehead atoms. The topological polar surface area (TPSA) is 117 Å². The second-order valence-corrected chi connectivity index (χ2v) is 5.85. The minimum absolute atomic E-state index is 0.0299.